The highest BCUT2D eigenvalue weighted by molar-refractivity contribution is 6.31. The molecule has 0 aliphatic carbocycles. The Morgan fingerprint density at radius 2 is 2.09 bits per heavy atom. The normalized spacial score (nSPS) is 16.3. The Bertz CT molecular complexity index is 738. The van der Waals surface area contributed by atoms with E-state index in [1.165, 1.54) is 10.6 Å². The zero-order valence-electron chi connectivity index (χ0n) is 12.3. The molecule has 0 atom stereocenters. The topological polar surface area (TPSA) is 51.5 Å². The standard InChI is InChI=1S/C16H16ClF2NO3/c17-10-1-2-12-11(7-10)13(16(21)22)14(15(18)19)20(12)8-9-3-5-23-6-4-9/h1-2,7,9,15H,3-6,8H2,(H,21,22). The van der Waals surface area contributed by atoms with Crippen molar-refractivity contribution in [2.45, 2.75) is 25.8 Å². The molecule has 1 aliphatic heterocycles. The lowest BCUT2D eigenvalue weighted by molar-refractivity contribution is 0.0591. The molecule has 1 N–H and O–H groups in total. The van der Waals surface area contributed by atoms with Crippen LogP contribution < -0.4 is 0 Å². The van der Waals surface area contributed by atoms with Gasteiger partial charge in [-0.25, -0.2) is 13.6 Å². The molecule has 3 rings (SSSR count). The van der Waals surface area contributed by atoms with Crippen LogP contribution in [0.2, 0.25) is 5.02 Å². The van der Waals surface area contributed by atoms with Crippen molar-refractivity contribution in [1.82, 2.24) is 4.57 Å². The van der Waals surface area contributed by atoms with Gasteiger partial charge in [-0.3, -0.25) is 0 Å². The number of carbonyl (C=O) groups is 1. The van der Waals surface area contributed by atoms with Crippen LogP contribution in [-0.4, -0.2) is 28.9 Å². The number of hydrogen-bond acceptors (Lipinski definition) is 2. The zero-order valence-corrected chi connectivity index (χ0v) is 13.0. The molecule has 2 heterocycles. The lowest BCUT2D eigenvalue weighted by Gasteiger charge is -2.24. The lowest BCUT2D eigenvalue weighted by atomic mass is 10.0. The molecular weight excluding hydrogens is 328 g/mol. The van der Waals surface area contributed by atoms with E-state index in [2.05, 4.69) is 0 Å². The molecular formula is C16H16ClF2NO3. The van der Waals surface area contributed by atoms with Gasteiger partial charge in [0.2, 0.25) is 0 Å². The van der Waals surface area contributed by atoms with Gasteiger partial charge in [-0.15, -0.1) is 0 Å². The first-order chi connectivity index (χ1) is 11.0. The van der Waals surface area contributed by atoms with E-state index in [0.717, 1.165) is 12.8 Å². The molecule has 124 valence electrons. The number of fused-ring (bicyclic) bond motifs is 1. The number of hydrogen-bond donors (Lipinski definition) is 1. The largest absolute Gasteiger partial charge is 0.478 e. The predicted octanol–water partition coefficient (Wildman–Crippen LogP) is 4.36. The van der Waals surface area contributed by atoms with Gasteiger partial charge in [-0.2, -0.15) is 0 Å². The Hall–Kier alpha value is -1.66. The molecule has 4 nitrogen and oxygen atoms in total. The number of nitrogens with zero attached hydrogens (tertiary/aromatic N) is 1. The second-order valence-corrected chi connectivity index (χ2v) is 6.13. The second-order valence-electron chi connectivity index (χ2n) is 5.69. The summed E-state index contributed by atoms with van der Waals surface area (Å²) in [5, 5.41) is 9.99. The summed E-state index contributed by atoms with van der Waals surface area (Å²) >= 11 is 5.92. The first kappa shape index (κ1) is 16.2. The van der Waals surface area contributed by atoms with Crippen molar-refractivity contribution in [3.05, 3.63) is 34.5 Å². The van der Waals surface area contributed by atoms with Crippen molar-refractivity contribution in [2.75, 3.05) is 13.2 Å². The Morgan fingerprint density at radius 3 is 2.70 bits per heavy atom. The van der Waals surface area contributed by atoms with E-state index in [9.17, 15) is 18.7 Å². The average molecular weight is 344 g/mol. The molecule has 0 unspecified atom stereocenters. The molecule has 0 spiro atoms. The summed E-state index contributed by atoms with van der Waals surface area (Å²) in [4.78, 5) is 11.5. The van der Waals surface area contributed by atoms with E-state index in [1.807, 2.05) is 0 Å². The minimum atomic E-state index is -2.87. The molecule has 1 saturated heterocycles. The van der Waals surface area contributed by atoms with Gasteiger partial charge in [-0.1, -0.05) is 11.6 Å². The van der Waals surface area contributed by atoms with Crippen LogP contribution in [-0.2, 0) is 11.3 Å². The van der Waals surface area contributed by atoms with Crippen LogP contribution in [0.4, 0.5) is 8.78 Å². The van der Waals surface area contributed by atoms with Gasteiger partial charge in [-0.05, 0) is 37.0 Å². The maximum atomic E-state index is 13.6. The molecule has 23 heavy (non-hydrogen) atoms. The number of aromatic nitrogens is 1. The average Bonchev–Trinajstić information content (AvgIpc) is 2.82. The van der Waals surface area contributed by atoms with Crippen LogP contribution in [0.3, 0.4) is 0 Å². The van der Waals surface area contributed by atoms with Crippen molar-refractivity contribution in [3.63, 3.8) is 0 Å². The van der Waals surface area contributed by atoms with E-state index < -0.39 is 18.1 Å². The van der Waals surface area contributed by atoms with Crippen LogP contribution in [0.15, 0.2) is 18.2 Å². The molecule has 1 aromatic carbocycles. The van der Waals surface area contributed by atoms with Crippen molar-refractivity contribution in [2.24, 2.45) is 5.92 Å². The highest BCUT2D eigenvalue weighted by atomic mass is 35.5. The Morgan fingerprint density at radius 1 is 1.39 bits per heavy atom. The molecule has 1 aromatic heterocycles. The first-order valence-corrected chi connectivity index (χ1v) is 7.77. The lowest BCUT2D eigenvalue weighted by Crippen LogP contribution is -2.21. The zero-order chi connectivity index (χ0) is 16.6. The number of benzene rings is 1. The first-order valence-electron chi connectivity index (χ1n) is 7.40. The quantitative estimate of drug-likeness (QED) is 0.897. The third-order valence-electron chi connectivity index (χ3n) is 4.27. The molecule has 1 aliphatic rings. The SMILES string of the molecule is O=C(O)c1c(C(F)F)n(CC2CCOCC2)c2ccc(Cl)cc12. The number of alkyl halides is 2. The summed E-state index contributed by atoms with van der Waals surface area (Å²) in [6.07, 6.45) is -1.32. The van der Waals surface area contributed by atoms with E-state index in [0.29, 0.717) is 30.3 Å². The number of carboxylic acids is 1. The fourth-order valence-corrected chi connectivity index (χ4v) is 3.35. The van der Waals surface area contributed by atoms with E-state index in [4.69, 9.17) is 16.3 Å². The number of rotatable bonds is 4. The number of halogens is 3. The van der Waals surface area contributed by atoms with Crippen molar-refractivity contribution >= 4 is 28.5 Å². The van der Waals surface area contributed by atoms with Crippen molar-refractivity contribution in [1.29, 1.82) is 0 Å². The maximum absolute atomic E-state index is 13.6. The van der Waals surface area contributed by atoms with E-state index in [1.54, 1.807) is 12.1 Å². The maximum Gasteiger partial charge on any atom is 0.338 e. The van der Waals surface area contributed by atoms with Crippen LogP contribution in [0.1, 0.15) is 35.3 Å². The van der Waals surface area contributed by atoms with Crippen molar-refractivity contribution in [3.8, 4) is 0 Å². The number of aromatic carboxylic acids is 1. The Kier molecular flexibility index (Phi) is 4.55. The summed E-state index contributed by atoms with van der Waals surface area (Å²) in [5.41, 5.74) is -0.320. The summed E-state index contributed by atoms with van der Waals surface area (Å²) in [5.74, 6) is -1.17. The third kappa shape index (κ3) is 3.05. The molecule has 0 radical (unpaired) electrons. The smallest absolute Gasteiger partial charge is 0.338 e. The van der Waals surface area contributed by atoms with Gasteiger partial charge in [0.25, 0.3) is 6.43 Å². The Balaban J connectivity index is 2.17. The van der Waals surface area contributed by atoms with Crippen LogP contribution in [0, 0.1) is 5.92 Å². The van der Waals surface area contributed by atoms with Gasteiger partial charge in [0.1, 0.15) is 5.69 Å². The highest BCUT2D eigenvalue weighted by Gasteiger charge is 2.29. The van der Waals surface area contributed by atoms with Gasteiger partial charge in [0, 0.05) is 35.7 Å². The third-order valence-corrected chi connectivity index (χ3v) is 4.50. The van der Waals surface area contributed by atoms with E-state index >= 15 is 0 Å². The van der Waals surface area contributed by atoms with Crippen LogP contribution in [0.5, 0.6) is 0 Å². The van der Waals surface area contributed by atoms with E-state index in [-0.39, 0.29) is 16.9 Å². The summed E-state index contributed by atoms with van der Waals surface area (Å²) in [7, 11) is 0. The Labute approximate surface area is 136 Å². The minimum absolute atomic E-state index is 0.189. The molecule has 0 saturated carbocycles. The van der Waals surface area contributed by atoms with Gasteiger partial charge >= 0.3 is 5.97 Å². The minimum Gasteiger partial charge on any atom is -0.478 e. The molecule has 0 bridgehead atoms. The number of carboxylic acid groups (broad SMARTS) is 1. The molecule has 0 amide bonds. The molecule has 2 aromatic rings. The summed E-state index contributed by atoms with van der Waals surface area (Å²) < 4.78 is 33.9. The fraction of sp³-hybridized carbons (Fsp3) is 0.438. The number of ether oxygens (including phenoxy) is 1. The van der Waals surface area contributed by atoms with Crippen molar-refractivity contribution < 1.29 is 23.4 Å². The monoisotopic (exact) mass is 343 g/mol. The summed E-state index contributed by atoms with van der Waals surface area (Å²) in [6, 6.07) is 4.63. The van der Waals surface area contributed by atoms with Gasteiger partial charge < -0.3 is 14.4 Å². The summed E-state index contributed by atoms with van der Waals surface area (Å²) in [6.45, 7) is 1.56. The predicted molar refractivity (Wildman–Crippen MR) is 82.4 cm³/mol. The second kappa shape index (κ2) is 6.45. The van der Waals surface area contributed by atoms with Gasteiger partial charge in [0.15, 0.2) is 0 Å². The highest BCUT2D eigenvalue weighted by Crippen LogP contribution is 2.35. The molecule has 7 heteroatoms. The van der Waals surface area contributed by atoms with Gasteiger partial charge in [0.05, 0.1) is 5.56 Å². The molecule has 1 fully saturated rings. The van der Waals surface area contributed by atoms with Crippen LogP contribution >= 0.6 is 11.6 Å². The van der Waals surface area contributed by atoms with Crippen LogP contribution in [0.25, 0.3) is 10.9 Å². The fourth-order valence-electron chi connectivity index (χ4n) is 3.18.